The summed E-state index contributed by atoms with van der Waals surface area (Å²) in [5, 5.41) is 23.2. The number of hydrogen-bond acceptors (Lipinski definition) is 7. The maximum Gasteiger partial charge on any atom is 0.293 e. The second-order valence-electron chi connectivity index (χ2n) is 10.4. The zero-order valence-electron chi connectivity index (χ0n) is 22.6. The highest BCUT2D eigenvalue weighted by atomic mass is 32.2. The number of ether oxygens (including phenoxy) is 1. The fraction of sp³-hybridized carbons (Fsp3) is 0.778. The number of nitrogens with one attached hydrogen (secondary N) is 2. The first-order valence-electron chi connectivity index (χ1n) is 14.2. The topological polar surface area (TPSA) is 137 Å². The predicted octanol–water partition coefficient (Wildman–Crippen LogP) is 5.88. The van der Waals surface area contributed by atoms with E-state index in [9.17, 15) is 18.5 Å². The molecule has 37 heavy (non-hydrogen) atoms. The summed E-state index contributed by atoms with van der Waals surface area (Å²) in [5.74, 6) is 0. The van der Waals surface area contributed by atoms with Gasteiger partial charge in [-0.2, -0.15) is 0 Å². The fourth-order valence-corrected chi connectivity index (χ4v) is 5.49. The van der Waals surface area contributed by atoms with Crippen LogP contribution in [0, 0.1) is 10.1 Å². The van der Waals surface area contributed by atoms with Crippen molar-refractivity contribution in [2.75, 3.05) is 31.6 Å². The van der Waals surface area contributed by atoms with Crippen LogP contribution in [0.25, 0.3) is 0 Å². The van der Waals surface area contributed by atoms with Crippen molar-refractivity contribution in [1.29, 1.82) is 0 Å². The van der Waals surface area contributed by atoms with Crippen molar-refractivity contribution in [2.45, 2.75) is 114 Å². The summed E-state index contributed by atoms with van der Waals surface area (Å²) in [7, 11) is -4.02. The second kappa shape index (κ2) is 17.0. The van der Waals surface area contributed by atoms with E-state index in [-0.39, 0.29) is 16.3 Å². The quantitative estimate of drug-likeness (QED) is 0.107. The van der Waals surface area contributed by atoms with E-state index in [0.717, 1.165) is 31.9 Å². The summed E-state index contributed by atoms with van der Waals surface area (Å²) >= 11 is 0. The van der Waals surface area contributed by atoms with Crippen LogP contribution >= 0.6 is 0 Å². The van der Waals surface area contributed by atoms with Crippen LogP contribution in [0.3, 0.4) is 0 Å². The molecule has 0 bridgehead atoms. The molecular formula is C27H48N4O5S. The minimum Gasteiger partial charge on any atom is -0.377 e. The van der Waals surface area contributed by atoms with Gasteiger partial charge in [-0.15, -0.1) is 0 Å². The number of unbranched alkanes of at least 4 members (excludes halogenated alkanes) is 13. The average Bonchev–Trinajstić information content (AvgIpc) is 2.87. The molecule has 1 saturated heterocycles. The van der Waals surface area contributed by atoms with Gasteiger partial charge in [0.25, 0.3) is 5.69 Å². The number of hydrogen-bond donors (Lipinski definition) is 3. The average molecular weight is 541 g/mol. The maximum absolute atomic E-state index is 11.6. The van der Waals surface area contributed by atoms with E-state index in [1.807, 2.05) is 0 Å². The highest BCUT2D eigenvalue weighted by molar-refractivity contribution is 7.89. The normalized spacial score (nSPS) is 18.1. The second-order valence-corrected chi connectivity index (χ2v) is 12.0. The van der Waals surface area contributed by atoms with Crippen molar-refractivity contribution in [3.63, 3.8) is 0 Å². The first-order chi connectivity index (χ1) is 17.8. The Morgan fingerprint density at radius 1 is 1.00 bits per heavy atom. The van der Waals surface area contributed by atoms with Crippen molar-refractivity contribution in [3.8, 4) is 0 Å². The van der Waals surface area contributed by atoms with E-state index in [1.54, 1.807) is 0 Å². The van der Waals surface area contributed by atoms with Crippen LogP contribution in [0.15, 0.2) is 23.1 Å². The number of nitro benzene ring substituents is 1. The molecule has 1 aromatic carbocycles. The van der Waals surface area contributed by atoms with Gasteiger partial charge in [-0.05, 0) is 18.6 Å². The lowest BCUT2D eigenvalue weighted by molar-refractivity contribution is -0.384. The Labute approximate surface area is 223 Å². The molecule has 0 amide bonds. The Kier molecular flexibility index (Phi) is 14.4. The number of sulfonamides is 1. The molecule has 1 fully saturated rings. The van der Waals surface area contributed by atoms with Crippen LogP contribution in [0.1, 0.15) is 103 Å². The number of primary sulfonamides is 1. The lowest BCUT2D eigenvalue weighted by atomic mass is 9.93. The lowest BCUT2D eigenvalue weighted by Gasteiger charge is -2.38. The standard InChI is InChI=1S/C27H48N4O5S/c1-2-3-4-5-6-7-8-9-10-11-12-13-14-15-18-27(22-29-19-20-36-27)23-30-25-17-16-24(37(28,34)35)21-26(25)31(32)33/h16-17,21,29-30H,2-15,18-20,22-23H2,1H3,(H2,28,34,35). The van der Waals surface area contributed by atoms with Crippen LogP contribution in [0.5, 0.6) is 0 Å². The van der Waals surface area contributed by atoms with Gasteiger partial charge in [-0.1, -0.05) is 96.8 Å². The molecular weight excluding hydrogens is 492 g/mol. The number of rotatable bonds is 20. The fourth-order valence-electron chi connectivity index (χ4n) is 4.96. The van der Waals surface area contributed by atoms with Crippen LogP contribution in [0.2, 0.25) is 0 Å². The third kappa shape index (κ3) is 12.1. The Balaban J connectivity index is 1.71. The van der Waals surface area contributed by atoms with Gasteiger partial charge in [0, 0.05) is 25.7 Å². The summed E-state index contributed by atoms with van der Waals surface area (Å²) in [6, 6.07) is 3.68. The van der Waals surface area contributed by atoms with Gasteiger partial charge >= 0.3 is 0 Å². The van der Waals surface area contributed by atoms with Gasteiger partial charge in [-0.3, -0.25) is 10.1 Å². The van der Waals surface area contributed by atoms with Gasteiger partial charge in [0.05, 0.1) is 22.0 Å². The number of morpholine rings is 1. The van der Waals surface area contributed by atoms with Gasteiger partial charge in [0.15, 0.2) is 0 Å². The third-order valence-corrected chi connectivity index (χ3v) is 8.13. The molecule has 0 radical (unpaired) electrons. The summed E-state index contributed by atoms with van der Waals surface area (Å²) in [5.41, 5.74) is -0.518. The Bertz CT molecular complexity index is 904. The molecule has 1 unspecified atom stereocenters. The maximum atomic E-state index is 11.6. The monoisotopic (exact) mass is 540 g/mol. The van der Waals surface area contributed by atoms with E-state index < -0.39 is 20.5 Å². The SMILES string of the molecule is CCCCCCCCCCCCCCCCC1(CNc2ccc(S(N)(=O)=O)cc2[N+](=O)[O-])CNCCO1. The molecule has 0 aromatic heterocycles. The first-order valence-corrected chi connectivity index (χ1v) is 15.7. The van der Waals surface area contributed by atoms with E-state index in [0.29, 0.717) is 19.7 Å². The number of nitro groups is 1. The molecule has 0 spiro atoms. The zero-order valence-corrected chi connectivity index (χ0v) is 23.5. The number of anilines is 1. The summed E-state index contributed by atoms with van der Waals surface area (Å²) in [4.78, 5) is 10.7. The van der Waals surface area contributed by atoms with Crippen molar-refractivity contribution in [3.05, 3.63) is 28.3 Å². The van der Waals surface area contributed by atoms with Crippen LogP contribution in [0.4, 0.5) is 11.4 Å². The molecule has 0 aliphatic carbocycles. The third-order valence-electron chi connectivity index (χ3n) is 7.22. The van der Waals surface area contributed by atoms with Crippen molar-refractivity contribution >= 4 is 21.4 Å². The summed E-state index contributed by atoms with van der Waals surface area (Å²) in [6.07, 6.45) is 19.1. The molecule has 2 rings (SSSR count). The summed E-state index contributed by atoms with van der Waals surface area (Å²) in [6.45, 7) is 4.70. The smallest absolute Gasteiger partial charge is 0.293 e. The largest absolute Gasteiger partial charge is 0.377 e. The molecule has 9 nitrogen and oxygen atoms in total. The Morgan fingerprint density at radius 3 is 2.05 bits per heavy atom. The molecule has 1 aromatic rings. The number of nitrogens with zero attached hydrogens (tertiary/aromatic N) is 1. The lowest BCUT2D eigenvalue weighted by Crippen LogP contribution is -2.53. The van der Waals surface area contributed by atoms with Crippen LogP contribution in [-0.4, -0.2) is 45.2 Å². The molecule has 1 atom stereocenters. The minimum absolute atomic E-state index is 0.256. The van der Waals surface area contributed by atoms with Crippen molar-refractivity contribution in [1.82, 2.24) is 5.32 Å². The molecule has 1 heterocycles. The molecule has 212 valence electrons. The molecule has 1 aliphatic rings. The zero-order chi connectivity index (χ0) is 27.0. The molecule has 1 aliphatic heterocycles. The van der Waals surface area contributed by atoms with E-state index in [1.165, 1.54) is 89.2 Å². The van der Waals surface area contributed by atoms with Gasteiger partial charge in [0.1, 0.15) is 5.69 Å². The highest BCUT2D eigenvalue weighted by Crippen LogP contribution is 2.29. The van der Waals surface area contributed by atoms with Gasteiger partial charge < -0.3 is 15.4 Å². The van der Waals surface area contributed by atoms with E-state index in [2.05, 4.69) is 17.6 Å². The number of nitrogens with two attached hydrogens (primary N) is 1. The van der Waals surface area contributed by atoms with Crippen LogP contribution in [-0.2, 0) is 14.8 Å². The Hall–Kier alpha value is -1.75. The molecule has 10 heteroatoms. The number of benzene rings is 1. The predicted molar refractivity (Wildman–Crippen MR) is 149 cm³/mol. The van der Waals surface area contributed by atoms with Gasteiger partial charge in [-0.25, -0.2) is 13.6 Å². The van der Waals surface area contributed by atoms with Gasteiger partial charge in [0.2, 0.25) is 10.0 Å². The van der Waals surface area contributed by atoms with E-state index in [4.69, 9.17) is 9.88 Å². The Morgan fingerprint density at radius 2 is 1.57 bits per heavy atom. The van der Waals surface area contributed by atoms with Crippen molar-refractivity contribution in [2.24, 2.45) is 5.14 Å². The highest BCUT2D eigenvalue weighted by Gasteiger charge is 2.33. The minimum atomic E-state index is -4.02. The summed E-state index contributed by atoms with van der Waals surface area (Å²) < 4.78 is 29.4. The molecule has 4 N–H and O–H groups in total. The van der Waals surface area contributed by atoms with Crippen molar-refractivity contribution < 1.29 is 18.1 Å². The van der Waals surface area contributed by atoms with E-state index >= 15 is 0 Å². The molecule has 0 saturated carbocycles. The first kappa shape index (κ1) is 31.5. The van der Waals surface area contributed by atoms with Crippen LogP contribution < -0.4 is 15.8 Å².